The largest absolute Gasteiger partial charge is 0.476 e. The topological polar surface area (TPSA) is 140 Å². The van der Waals surface area contributed by atoms with Crippen LogP contribution in [0.2, 0.25) is 5.15 Å². The molecule has 1 aliphatic heterocycles. The summed E-state index contributed by atoms with van der Waals surface area (Å²) in [7, 11) is -4.26. The van der Waals surface area contributed by atoms with Crippen LogP contribution in [-0.4, -0.2) is 59.3 Å². The van der Waals surface area contributed by atoms with Crippen LogP contribution in [0.15, 0.2) is 47.6 Å². The molecular formula is C31H40Cl3N7O4S. The molecule has 46 heavy (non-hydrogen) atoms. The van der Waals surface area contributed by atoms with Gasteiger partial charge in [0.05, 0.1) is 12.2 Å². The second-order valence-electron chi connectivity index (χ2n) is 13.5. The van der Waals surface area contributed by atoms with Gasteiger partial charge in [-0.3, -0.25) is 4.79 Å². The van der Waals surface area contributed by atoms with Crippen LogP contribution in [0, 0.1) is 22.7 Å². The summed E-state index contributed by atoms with van der Waals surface area (Å²) in [5, 5.41) is 10.8. The lowest BCUT2D eigenvalue weighted by atomic mass is 9.94. The minimum Gasteiger partial charge on any atom is -0.476 e. The van der Waals surface area contributed by atoms with E-state index in [-0.39, 0.29) is 46.1 Å². The van der Waals surface area contributed by atoms with E-state index in [9.17, 15) is 13.2 Å². The first-order valence-corrected chi connectivity index (χ1v) is 17.3. The minimum absolute atomic E-state index is 0. The van der Waals surface area contributed by atoms with E-state index in [2.05, 4.69) is 44.3 Å². The summed E-state index contributed by atoms with van der Waals surface area (Å²) in [6.45, 7) is 6.79. The van der Waals surface area contributed by atoms with Gasteiger partial charge < -0.3 is 15.4 Å². The third kappa shape index (κ3) is 6.69. The van der Waals surface area contributed by atoms with Crippen molar-refractivity contribution in [1.29, 1.82) is 0 Å². The second-order valence-corrected chi connectivity index (χ2v) is 15.5. The van der Waals surface area contributed by atoms with Gasteiger partial charge in [-0.05, 0) is 106 Å². The summed E-state index contributed by atoms with van der Waals surface area (Å²) < 4.78 is 35.6. The minimum atomic E-state index is -4.26. The number of carbonyl (C=O) groups is 1. The Morgan fingerprint density at radius 3 is 2.48 bits per heavy atom. The Morgan fingerprint density at radius 1 is 1.09 bits per heavy atom. The van der Waals surface area contributed by atoms with E-state index in [1.54, 1.807) is 30.5 Å². The normalized spacial score (nSPS) is 21.2. The van der Waals surface area contributed by atoms with E-state index < -0.39 is 15.9 Å². The zero-order chi connectivity index (χ0) is 30.7. The van der Waals surface area contributed by atoms with E-state index in [4.69, 9.17) is 16.3 Å². The van der Waals surface area contributed by atoms with Crippen LogP contribution in [0.1, 0.15) is 69.2 Å². The molecule has 4 heterocycles. The fourth-order valence-corrected chi connectivity index (χ4v) is 8.68. The highest BCUT2D eigenvalue weighted by atomic mass is 35.5. The molecular weight excluding hydrogens is 673 g/mol. The fraction of sp³-hybridized carbons (Fsp3) is 0.548. The van der Waals surface area contributed by atoms with Crippen molar-refractivity contribution in [3.8, 4) is 11.7 Å². The van der Waals surface area contributed by atoms with Gasteiger partial charge in [-0.25, -0.2) is 19.4 Å². The molecule has 1 atom stereocenters. The molecule has 4 fully saturated rings. The van der Waals surface area contributed by atoms with Gasteiger partial charge in [0.2, 0.25) is 5.88 Å². The Morgan fingerprint density at radius 2 is 1.83 bits per heavy atom. The Labute approximate surface area is 286 Å². The van der Waals surface area contributed by atoms with Crippen molar-refractivity contribution >= 4 is 58.2 Å². The first-order valence-electron chi connectivity index (χ1n) is 15.4. The number of hydrogen-bond acceptors (Lipinski definition) is 9. The Hall–Kier alpha value is -2.64. The lowest BCUT2D eigenvalue weighted by Crippen LogP contribution is -2.31. The zero-order valence-corrected chi connectivity index (χ0v) is 29.0. The lowest BCUT2D eigenvalue weighted by Gasteiger charge is -2.17. The maximum atomic E-state index is 13.0. The number of anilines is 1. The van der Waals surface area contributed by atoms with Gasteiger partial charge in [0.25, 0.3) is 15.9 Å². The van der Waals surface area contributed by atoms with E-state index in [0.717, 1.165) is 25.8 Å². The number of rotatable bonds is 12. The Kier molecular flexibility index (Phi) is 9.62. The smallest absolute Gasteiger partial charge is 0.281 e. The predicted molar refractivity (Wildman–Crippen MR) is 180 cm³/mol. The summed E-state index contributed by atoms with van der Waals surface area (Å²) >= 11 is 6.33. The van der Waals surface area contributed by atoms with Gasteiger partial charge in [0.1, 0.15) is 11.0 Å². The van der Waals surface area contributed by atoms with E-state index >= 15 is 0 Å². The molecule has 3 aromatic heterocycles. The van der Waals surface area contributed by atoms with Crippen molar-refractivity contribution in [2.24, 2.45) is 22.7 Å². The molecule has 3 N–H and O–H groups in total. The van der Waals surface area contributed by atoms with Gasteiger partial charge in [-0.15, -0.1) is 29.9 Å². The quantitative estimate of drug-likeness (QED) is 0.166. The molecule has 7 rings (SSSR count). The average Bonchev–Trinajstić information content (AvgIpc) is 3.93. The van der Waals surface area contributed by atoms with Crippen LogP contribution in [0.5, 0.6) is 5.88 Å². The highest BCUT2D eigenvalue weighted by Crippen LogP contribution is 2.92. The first-order chi connectivity index (χ1) is 21.0. The van der Waals surface area contributed by atoms with Crippen molar-refractivity contribution in [2.75, 3.05) is 25.0 Å². The number of amides is 1. The average molecular weight is 713 g/mol. The summed E-state index contributed by atoms with van der Waals surface area (Å²) in [6, 6.07) is 9.36. The molecule has 0 bridgehead atoms. The third-order valence-corrected chi connectivity index (χ3v) is 11.6. The Bertz CT molecular complexity index is 1690. The number of nitrogens with one attached hydrogen (secondary N) is 3. The van der Waals surface area contributed by atoms with Crippen molar-refractivity contribution < 1.29 is 17.9 Å². The number of aromatic nitrogens is 4. The number of nitrogens with zero attached hydrogens (tertiary/aromatic N) is 4. The van der Waals surface area contributed by atoms with Crippen LogP contribution in [0.25, 0.3) is 5.82 Å². The van der Waals surface area contributed by atoms with Gasteiger partial charge in [0, 0.05) is 30.3 Å². The number of sulfonamides is 1. The molecule has 4 aliphatic rings. The van der Waals surface area contributed by atoms with Gasteiger partial charge >= 0.3 is 0 Å². The second kappa shape index (κ2) is 12.8. The van der Waals surface area contributed by atoms with Gasteiger partial charge in [-0.2, -0.15) is 8.42 Å². The number of fused-ring (bicyclic) bond motifs is 1. The number of carbonyl (C=O) groups excluding carboxylic acids is 1. The highest BCUT2D eigenvalue weighted by molar-refractivity contribution is 7.90. The SMILES string of the molecule is CC1(C)CC(CCCNc2cccc(S(=O)(=O)NC(=O)c3ccc(-n4ccc(OCC5C6(CC6)C56CC6)n4)nc3Cl)n2)CN1.Cl.Cl. The van der Waals surface area contributed by atoms with E-state index in [1.807, 2.05) is 0 Å². The van der Waals surface area contributed by atoms with Crippen LogP contribution in [0.3, 0.4) is 0 Å². The van der Waals surface area contributed by atoms with Gasteiger partial charge in [-0.1, -0.05) is 17.7 Å². The zero-order valence-electron chi connectivity index (χ0n) is 25.8. The summed E-state index contributed by atoms with van der Waals surface area (Å²) in [5.41, 5.74) is 1.23. The van der Waals surface area contributed by atoms with Crippen LogP contribution in [-0.2, 0) is 10.0 Å². The maximum absolute atomic E-state index is 13.0. The van der Waals surface area contributed by atoms with Crippen LogP contribution < -0.4 is 20.1 Å². The van der Waals surface area contributed by atoms with Crippen molar-refractivity contribution in [3.05, 3.63) is 53.3 Å². The number of pyridine rings is 2. The van der Waals surface area contributed by atoms with Crippen LogP contribution in [0.4, 0.5) is 5.82 Å². The summed E-state index contributed by atoms with van der Waals surface area (Å²) in [6.07, 6.45) is 10.2. The van der Waals surface area contributed by atoms with E-state index in [0.29, 0.717) is 53.3 Å². The van der Waals surface area contributed by atoms with Crippen molar-refractivity contribution in [3.63, 3.8) is 0 Å². The molecule has 250 valence electrons. The molecule has 3 aromatic rings. The first kappa shape index (κ1) is 34.7. The van der Waals surface area contributed by atoms with Gasteiger partial charge in [0.15, 0.2) is 10.8 Å². The number of ether oxygens (including phenoxy) is 1. The number of hydrogen-bond donors (Lipinski definition) is 3. The molecule has 3 aliphatic carbocycles. The Balaban J connectivity index is 0.00000208. The highest BCUT2D eigenvalue weighted by Gasteiger charge is 2.86. The monoisotopic (exact) mass is 711 g/mol. The molecule has 0 aromatic carbocycles. The fourth-order valence-electron chi connectivity index (χ4n) is 7.51. The molecule has 1 unspecified atom stereocenters. The third-order valence-electron chi connectivity index (χ3n) is 10.1. The van der Waals surface area contributed by atoms with Crippen molar-refractivity contribution in [1.82, 2.24) is 29.8 Å². The summed E-state index contributed by atoms with van der Waals surface area (Å²) in [4.78, 5) is 21.4. The lowest BCUT2D eigenvalue weighted by molar-refractivity contribution is 0.0981. The van der Waals surface area contributed by atoms with E-state index in [1.165, 1.54) is 42.5 Å². The molecule has 1 saturated heterocycles. The standard InChI is InChI=1S/C31H38ClN7O4S.2ClH/c1-29(2)17-20(18-34-29)5-4-15-33-23-6-3-7-26(35-23)44(41,42)38-28(40)21-8-9-24(36-27(21)32)39-16-10-25(37-39)43-19-22-30(11-12-30)31(22)13-14-31;;/h3,6-10,16,20,22,34H,4-5,11-15,17-19H2,1-2H3,(H,33,35)(H,38,40);2*1H. The molecule has 1 amide bonds. The molecule has 2 spiro atoms. The van der Waals surface area contributed by atoms with Crippen LogP contribution >= 0.6 is 36.4 Å². The molecule has 3 saturated carbocycles. The summed E-state index contributed by atoms with van der Waals surface area (Å²) in [5.74, 6) is 1.68. The molecule has 0 radical (unpaired) electrons. The maximum Gasteiger partial charge on any atom is 0.281 e. The van der Waals surface area contributed by atoms with Crippen molar-refractivity contribution in [2.45, 2.75) is 69.4 Å². The molecule has 11 nitrogen and oxygen atoms in total. The molecule has 15 heteroatoms. The number of halogens is 3. The predicted octanol–water partition coefficient (Wildman–Crippen LogP) is 5.43.